The minimum absolute atomic E-state index is 0.0647. The van der Waals surface area contributed by atoms with Gasteiger partial charge >= 0.3 is 0 Å². The van der Waals surface area contributed by atoms with E-state index in [1.54, 1.807) is 11.0 Å². The SMILES string of the molecule is CC(C)(C)c1ccc(/C=C\C(=O)N(C2CC2)[C@@H]2CC(=O)NC2=O)cc1. The van der Waals surface area contributed by atoms with Crippen LogP contribution in [0.2, 0.25) is 0 Å². The van der Waals surface area contributed by atoms with Crippen molar-refractivity contribution in [3.8, 4) is 0 Å². The maximum atomic E-state index is 12.6. The van der Waals surface area contributed by atoms with Crippen molar-refractivity contribution < 1.29 is 14.4 Å². The van der Waals surface area contributed by atoms with E-state index in [2.05, 4.69) is 38.2 Å². The van der Waals surface area contributed by atoms with E-state index in [-0.39, 0.29) is 35.6 Å². The van der Waals surface area contributed by atoms with Gasteiger partial charge in [0.25, 0.3) is 0 Å². The van der Waals surface area contributed by atoms with Crippen LogP contribution in [0.25, 0.3) is 6.08 Å². The zero-order valence-corrected chi connectivity index (χ0v) is 14.9. The third-order valence-corrected chi connectivity index (χ3v) is 4.67. The molecular weight excluding hydrogens is 316 g/mol. The van der Waals surface area contributed by atoms with E-state index in [0.29, 0.717) is 0 Å². The molecule has 2 fully saturated rings. The van der Waals surface area contributed by atoms with Crippen LogP contribution in [0.5, 0.6) is 0 Å². The Balaban J connectivity index is 1.72. The lowest BCUT2D eigenvalue weighted by molar-refractivity contribution is -0.135. The molecule has 1 saturated heterocycles. The second-order valence-corrected chi connectivity index (χ2v) is 7.81. The van der Waals surface area contributed by atoms with E-state index >= 15 is 0 Å². The molecule has 5 nitrogen and oxygen atoms in total. The van der Waals surface area contributed by atoms with E-state index in [1.807, 2.05) is 12.1 Å². The minimum atomic E-state index is -0.666. The molecule has 1 atom stereocenters. The number of rotatable bonds is 4. The summed E-state index contributed by atoms with van der Waals surface area (Å²) in [6.45, 7) is 6.47. The maximum Gasteiger partial charge on any atom is 0.249 e. The van der Waals surface area contributed by atoms with Crippen molar-refractivity contribution in [3.63, 3.8) is 0 Å². The van der Waals surface area contributed by atoms with Crippen molar-refractivity contribution >= 4 is 23.8 Å². The van der Waals surface area contributed by atoms with Crippen molar-refractivity contribution in [1.82, 2.24) is 10.2 Å². The Hall–Kier alpha value is -2.43. The number of hydrogen-bond donors (Lipinski definition) is 1. The summed E-state index contributed by atoms with van der Waals surface area (Å²) >= 11 is 0. The van der Waals surface area contributed by atoms with Crippen LogP contribution in [0.15, 0.2) is 30.3 Å². The van der Waals surface area contributed by atoms with Gasteiger partial charge in [-0.15, -0.1) is 0 Å². The zero-order chi connectivity index (χ0) is 18.2. The summed E-state index contributed by atoms with van der Waals surface area (Å²) in [4.78, 5) is 37.5. The first kappa shape index (κ1) is 17.4. The van der Waals surface area contributed by atoms with Gasteiger partial charge < -0.3 is 4.90 Å². The van der Waals surface area contributed by atoms with Gasteiger partial charge in [-0.2, -0.15) is 0 Å². The fourth-order valence-corrected chi connectivity index (χ4v) is 3.05. The van der Waals surface area contributed by atoms with E-state index in [0.717, 1.165) is 18.4 Å². The van der Waals surface area contributed by atoms with Crippen LogP contribution >= 0.6 is 0 Å². The van der Waals surface area contributed by atoms with Gasteiger partial charge in [-0.1, -0.05) is 45.0 Å². The highest BCUT2D eigenvalue weighted by Crippen LogP contribution is 2.31. The van der Waals surface area contributed by atoms with Crippen molar-refractivity contribution in [2.45, 2.75) is 57.5 Å². The number of nitrogens with zero attached hydrogens (tertiary/aromatic N) is 1. The largest absolute Gasteiger partial charge is 0.324 e. The van der Waals surface area contributed by atoms with Gasteiger partial charge in [0.05, 0.1) is 6.42 Å². The van der Waals surface area contributed by atoms with Gasteiger partial charge in [-0.25, -0.2) is 0 Å². The molecule has 0 aromatic heterocycles. The number of nitrogens with one attached hydrogen (secondary N) is 1. The molecule has 25 heavy (non-hydrogen) atoms. The Bertz CT molecular complexity index is 724. The summed E-state index contributed by atoms with van der Waals surface area (Å²) in [7, 11) is 0. The van der Waals surface area contributed by atoms with Crippen molar-refractivity contribution in [2.75, 3.05) is 0 Å². The highest BCUT2D eigenvalue weighted by Gasteiger charge is 2.43. The van der Waals surface area contributed by atoms with Crippen molar-refractivity contribution in [2.24, 2.45) is 0 Å². The predicted molar refractivity (Wildman–Crippen MR) is 95.6 cm³/mol. The molecule has 2 aliphatic rings. The van der Waals surface area contributed by atoms with Gasteiger partial charge in [-0.3, -0.25) is 19.7 Å². The van der Waals surface area contributed by atoms with Crippen molar-refractivity contribution in [3.05, 3.63) is 41.5 Å². The Morgan fingerprint density at radius 3 is 2.28 bits per heavy atom. The summed E-state index contributed by atoms with van der Waals surface area (Å²) in [5, 5.41) is 2.28. The Morgan fingerprint density at radius 1 is 1.16 bits per heavy atom. The van der Waals surface area contributed by atoms with E-state index < -0.39 is 6.04 Å². The number of carbonyl (C=O) groups excluding carboxylic acids is 3. The first-order valence-corrected chi connectivity index (χ1v) is 8.70. The molecule has 3 amide bonds. The molecule has 1 saturated carbocycles. The summed E-state index contributed by atoms with van der Waals surface area (Å²) < 4.78 is 0. The second kappa shape index (κ2) is 6.47. The average molecular weight is 340 g/mol. The van der Waals surface area contributed by atoms with Gasteiger partial charge in [0, 0.05) is 12.1 Å². The normalized spacial score (nSPS) is 20.8. The smallest absolute Gasteiger partial charge is 0.249 e. The fourth-order valence-electron chi connectivity index (χ4n) is 3.05. The Morgan fingerprint density at radius 2 is 1.80 bits per heavy atom. The van der Waals surface area contributed by atoms with Gasteiger partial charge in [0.15, 0.2) is 0 Å². The van der Waals surface area contributed by atoms with Gasteiger partial charge in [0.2, 0.25) is 17.7 Å². The van der Waals surface area contributed by atoms with Crippen LogP contribution in [0.1, 0.15) is 51.2 Å². The first-order chi connectivity index (χ1) is 11.8. The monoisotopic (exact) mass is 340 g/mol. The third kappa shape index (κ3) is 3.98. The molecule has 5 heteroatoms. The van der Waals surface area contributed by atoms with Crippen molar-refractivity contribution in [1.29, 1.82) is 0 Å². The zero-order valence-electron chi connectivity index (χ0n) is 14.9. The lowest BCUT2D eigenvalue weighted by atomic mass is 9.87. The molecule has 1 aliphatic carbocycles. The predicted octanol–water partition coefficient (Wildman–Crippen LogP) is 2.40. The summed E-state index contributed by atoms with van der Waals surface area (Å²) in [6, 6.07) is 7.50. The molecule has 0 unspecified atom stereocenters. The lowest BCUT2D eigenvalue weighted by Crippen LogP contribution is -2.45. The molecule has 1 heterocycles. The van der Waals surface area contributed by atoms with E-state index in [4.69, 9.17) is 0 Å². The molecule has 3 rings (SSSR count). The highest BCUT2D eigenvalue weighted by molar-refractivity contribution is 6.08. The summed E-state index contributed by atoms with van der Waals surface area (Å²) in [6.07, 6.45) is 5.10. The topological polar surface area (TPSA) is 66.5 Å². The van der Waals surface area contributed by atoms with Crippen LogP contribution in [0, 0.1) is 0 Å². The molecule has 0 spiro atoms. The number of amides is 3. The molecule has 1 aromatic carbocycles. The van der Waals surface area contributed by atoms with Gasteiger partial charge in [-0.05, 0) is 35.5 Å². The lowest BCUT2D eigenvalue weighted by Gasteiger charge is -2.25. The van der Waals surface area contributed by atoms with Crippen LogP contribution in [-0.4, -0.2) is 34.7 Å². The molecule has 0 radical (unpaired) electrons. The van der Waals surface area contributed by atoms with Crippen LogP contribution in [0.4, 0.5) is 0 Å². The number of imide groups is 1. The second-order valence-electron chi connectivity index (χ2n) is 7.81. The minimum Gasteiger partial charge on any atom is -0.324 e. The molecule has 1 aliphatic heterocycles. The van der Waals surface area contributed by atoms with Gasteiger partial charge in [0.1, 0.15) is 6.04 Å². The molecule has 132 valence electrons. The number of carbonyl (C=O) groups is 3. The summed E-state index contributed by atoms with van der Waals surface area (Å²) in [5.74, 6) is -0.888. The summed E-state index contributed by atoms with van der Waals surface area (Å²) in [5.41, 5.74) is 2.25. The van der Waals surface area contributed by atoms with E-state index in [9.17, 15) is 14.4 Å². The number of benzene rings is 1. The standard InChI is InChI=1S/C20H24N2O3/c1-20(2,3)14-7-4-13(5-8-14)6-11-18(24)22(15-9-10-15)16-12-17(23)21-19(16)25/h4-8,11,15-16H,9-10,12H2,1-3H3,(H,21,23,25)/b11-6-/t16-/m1/s1. The third-order valence-electron chi connectivity index (χ3n) is 4.67. The molecule has 0 bridgehead atoms. The van der Waals surface area contributed by atoms with Crippen LogP contribution < -0.4 is 5.32 Å². The Kier molecular flexibility index (Phi) is 4.50. The highest BCUT2D eigenvalue weighted by atomic mass is 16.2. The first-order valence-electron chi connectivity index (χ1n) is 8.70. The molecule has 1 N–H and O–H groups in total. The van der Waals surface area contributed by atoms with Crippen LogP contribution in [-0.2, 0) is 19.8 Å². The van der Waals surface area contributed by atoms with E-state index in [1.165, 1.54) is 11.6 Å². The quantitative estimate of drug-likeness (QED) is 0.676. The molecule has 1 aromatic rings. The maximum absolute atomic E-state index is 12.6. The average Bonchev–Trinajstić information content (AvgIpc) is 3.31. The number of hydrogen-bond acceptors (Lipinski definition) is 3. The Labute approximate surface area is 148 Å². The fraction of sp³-hybridized carbons (Fsp3) is 0.450. The molecular formula is C20H24N2O3. The van der Waals surface area contributed by atoms with Crippen LogP contribution in [0.3, 0.4) is 0 Å².